The third kappa shape index (κ3) is 4.28. The smallest absolute Gasteiger partial charge is 0.216 e. The summed E-state index contributed by atoms with van der Waals surface area (Å²) in [6.45, 7) is 2.20. The molecule has 2 N–H and O–H groups in total. The third-order valence-corrected chi connectivity index (χ3v) is 2.21. The number of nitrogens with one attached hydrogen (secondary N) is 1. The van der Waals surface area contributed by atoms with Gasteiger partial charge in [-0.15, -0.1) is 0 Å². The average Bonchev–Trinajstić information content (AvgIpc) is 2.29. The van der Waals surface area contributed by atoms with Crippen molar-refractivity contribution in [1.29, 1.82) is 0 Å². The van der Waals surface area contributed by atoms with Crippen molar-refractivity contribution in [3.8, 4) is 0 Å². The monoisotopic (exact) mass is 219 g/mol. The van der Waals surface area contributed by atoms with E-state index in [1.807, 2.05) is 36.4 Å². The molecule has 1 rings (SSSR count). The van der Waals surface area contributed by atoms with E-state index in [0.717, 1.165) is 17.5 Å². The number of carbonyl (C=O) groups excluding carboxylic acids is 1. The molecule has 0 unspecified atom stereocenters. The molecule has 16 heavy (non-hydrogen) atoms. The fraction of sp³-hybridized carbons (Fsp3) is 0.308. The zero-order valence-electron chi connectivity index (χ0n) is 9.44. The molecule has 3 nitrogen and oxygen atoms in total. The summed E-state index contributed by atoms with van der Waals surface area (Å²) in [5, 5.41) is 11.8. The molecule has 0 aromatic heterocycles. The molecule has 0 aliphatic carbocycles. The average molecular weight is 219 g/mol. The van der Waals surface area contributed by atoms with Gasteiger partial charge in [-0.2, -0.15) is 0 Å². The van der Waals surface area contributed by atoms with Crippen molar-refractivity contribution in [3.63, 3.8) is 0 Å². The van der Waals surface area contributed by atoms with Gasteiger partial charge in [0.2, 0.25) is 5.91 Å². The molecule has 3 heteroatoms. The van der Waals surface area contributed by atoms with Crippen LogP contribution in [0.5, 0.6) is 0 Å². The summed E-state index contributed by atoms with van der Waals surface area (Å²) in [5.41, 5.74) is 1.94. The van der Waals surface area contributed by atoms with Gasteiger partial charge in [-0.3, -0.25) is 4.79 Å². The molecule has 0 atom stereocenters. The lowest BCUT2D eigenvalue weighted by Crippen LogP contribution is -2.20. The van der Waals surface area contributed by atoms with Crippen LogP contribution in [0.4, 0.5) is 0 Å². The Morgan fingerprint density at radius 1 is 1.44 bits per heavy atom. The molecular formula is C13H17NO2. The van der Waals surface area contributed by atoms with Crippen molar-refractivity contribution in [3.05, 3.63) is 41.5 Å². The van der Waals surface area contributed by atoms with E-state index in [9.17, 15) is 4.79 Å². The van der Waals surface area contributed by atoms with Crippen LogP contribution in [0.15, 0.2) is 30.3 Å². The summed E-state index contributed by atoms with van der Waals surface area (Å²) in [5.74, 6) is -0.0100. The Morgan fingerprint density at radius 2 is 2.19 bits per heavy atom. The van der Waals surface area contributed by atoms with Gasteiger partial charge in [-0.05, 0) is 17.5 Å². The molecule has 0 fully saturated rings. The molecule has 0 spiro atoms. The topological polar surface area (TPSA) is 49.3 Å². The predicted octanol–water partition coefficient (Wildman–Crippen LogP) is 1.72. The summed E-state index contributed by atoms with van der Waals surface area (Å²) in [4.78, 5) is 10.6. The van der Waals surface area contributed by atoms with Gasteiger partial charge in [0.05, 0.1) is 6.61 Å². The summed E-state index contributed by atoms with van der Waals surface area (Å²) in [6, 6.07) is 7.70. The maximum absolute atomic E-state index is 10.6. The first kappa shape index (κ1) is 12.5. The van der Waals surface area contributed by atoms with E-state index in [4.69, 9.17) is 5.11 Å². The highest BCUT2D eigenvalue weighted by Gasteiger charge is 1.95. The summed E-state index contributed by atoms with van der Waals surface area (Å²) < 4.78 is 0. The first-order chi connectivity index (χ1) is 7.74. The molecule has 1 aromatic rings. The lowest BCUT2D eigenvalue weighted by Gasteiger charge is -2.01. The molecule has 0 aliphatic heterocycles. The largest absolute Gasteiger partial charge is 0.392 e. The Bertz CT molecular complexity index is 372. The molecule has 0 saturated heterocycles. The molecule has 86 valence electrons. The maximum atomic E-state index is 10.6. The van der Waals surface area contributed by atoms with Gasteiger partial charge < -0.3 is 10.4 Å². The molecule has 1 amide bonds. The normalized spacial score (nSPS) is 10.6. The maximum Gasteiger partial charge on any atom is 0.216 e. The highest BCUT2D eigenvalue weighted by atomic mass is 16.3. The van der Waals surface area contributed by atoms with Crippen molar-refractivity contribution in [2.24, 2.45) is 0 Å². The molecule has 0 saturated carbocycles. The van der Waals surface area contributed by atoms with Crippen LogP contribution < -0.4 is 5.32 Å². The zero-order chi connectivity index (χ0) is 11.8. The standard InChI is InChI=1S/C13H17NO2/c1-11(16)14-9-5-4-7-12-6-2-3-8-13(12)10-15/h2-4,6-8,15H,5,9-10H2,1H3,(H,14,16). The van der Waals surface area contributed by atoms with Crippen molar-refractivity contribution in [1.82, 2.24) is 5.32 Å². The first-order valence-corrected chi connectivity index (χ1v) is 5.34. The number of amides is 1. The van der Waals surface area contributed by atoms with E-state index in [0.29, 0.717) is 6.54 Å². The van der Waals surface area contributed by atoms with Gasteiger partial charge in [-0.25, -0.2) is 0 Å². The van der Waals surface area contributed by atoms with Crippen LogP contribution in [0.2, 0.25) is 0 Å². The molecule has 0 radical (unpaired) electrons. The van der Waals surface area contributed by atoms with Crippen LogP contribution >= 0.6 is 0 Å². The van der Waals surface area contributed by atoms with Crippen LogP contribution in [0.25, 0.3) is 6.08 Å². The van der Waals surface area contributed by atoms with Gasteiger partial charge in [0.1, 0.15) is 0 Å². The minimum Gasteiger partial charge on any atom is -0.392 e. The number of aliphatic hydroxyl groups excluding tert-OH is 1. The van der Waals surface area contributed by atoms with Crippen LogP contribution in [-0.4, -0.2) is 17.6 Å². The van der Waals surface area contributed by atoms with Crippen molar-refractivity contribution in [2.45, 2.75) is 20.0 Å². The van der Waals surface area contributed by atoms with Gasteiger partial charge in [-0.1, -0.05) is 36.4 Å². The van der Waals surface area contributed by atoms with E-state index in [1.54, 1.807) is 0 Å². The van der Waals surface area contributed by atoms with Crippen LogP contribution in [-0.2, 0) is 11.4 Å². The molecule has 0 bridgehead atoms. The Labute approximate surface area is 95.8 Å². The first-order valence-electron chi connectivity index (χ1n) is 5.34. The van der Waals surface area contributed by atoms with Gasteiger partial charge >= 0.3 is 0 Å². The zero-order valence-corrected chi connectivity index (χ0v) is 9.44. The summed E-state index contributed by atoms with van der Waals surface area (Å²) in [7, 11) is 0. The van der Waals surface area contributed by atoms with Crippen LogP contribution in [0.3, 0.4) is 0 Å². The summed E-state index contributed by atoms with van der Waals surface area (Å²) in [6.07, 6.45) is 4.75. The number of aliphatic hydroxyl groups is 1. The van der Waals surface area contributed by atoms with E-state index >= 15 is 0 Å². The second-order valence-electron chi connectivity index (χ2n) is 3.53. The minimum absolute atomic E-state index is 0.0100. The van der Waals surface area contributed by atoms with Gasteiger partial charge in [0, 0.05) is 13.5 Å². The highest BCUT2D eigenvalue weighted by Crippen LogP contribution is 2.10. The van der Waals surface area contributed by atoms with Gasteiger partial charge in [0.25, 0.3) is 0 Å². The van der Waals surface area contributed by atoms with E-state index in [1.165, 1.54) is 6.92 Å². The second-order valence-corrected chi connectivity index (χ2v) is 3.53. The lowest BCUT2D eigenvalue weighted by atomic mass is 10.1. The number of benzene rings is 1. The minimum atomic E-state index is -0.0100. The van der Waals surface area contributed by atoms with E-state index in [2.05, 4.69) is 5.32 Å². The Morgan fingerprint density at radius 3 is 2.88 bits per heavy atom. The Hall–Kier alpha value is -1.61. The van der Waals surface area contributed by atoms with Crippen LogP contribution in [0.1, 0.15) is 24.5 Å². The Balaban J connectivity index is 2.46. The number of rotatable bonds is 5. The Kier molecular flexibility index (Phi) is 5.29. The van der Waals surface area contributed by atoms with Crippen molar-refractivity contribution >= 4 is 12.0 Å². The molecular weight excluding hydrogens is 202 g/mol. The number of carbonyl (C=O) groups is 1. The molecule has 0 heterocycles. The van der Waals surface area contributed by atoms with Gasteiger partial charge in [0.15, 0.2) is 0 Å². The fourth-order valence-corrected chi connectivity index (χ4v) is 1.38. The third-order valence-electron chi connectivity index (χ3n) is 2.21. The number of hydrogen-bond donors (Lipinski definition) is 2. The number of hydrogen-bond acceptors (Lipinski definition) is 2. The second kappa shape index (κ2) is 6.80. The lowest BCUT2D eigenvalue weighted by molar-refractivity contribution is -0.118. The van der Waals surface area contributed by atoms with Crippen molar-refractivity contribution in [2.75, 3.05) is 6.54 Å². The molecule has 0 aliphatic rings. The quantitative estimate of drug-likeness (QED) is 0.741. The van der Waals surface area contributed by atoms with Crippen molar-refractivity contribution < 1.29 is 9.90 Å². The summed E-state index contributed by atoms with van der Waals surface area (Å²) >= 11 is 0. The predicted molar refractivity (Wildman–Crippen MR) is 64.7 cm³/mol. The SMILES string of the molecule is CC(=O)NCCC=Cc1ccccc1CO. The molecule has 1 aromatic carbocycles. The van der Waals surface area contributed by atoms with E-state index in [-0.39, 0.29) is 12.5 Å². The highest BCUT2D eigenvalue weighted by molar-refractivity contribution is 5.72. The van der Waals surface area contributed by atoms with E-state index < -0.39 is 0 Å². The fourth-order valence-electron chi connectivity index (χ4n) is 1.38. The van der Waals surface area contributed by atoms with Crippen LogP contribution in [0, 0.1) is 0 Å².